The molecule has 8 nitrogen and oxygen atoms in total. The van der Waals surface area contributed by atoms with Crippen LogP contribution in [-0.4, -0.2) is 80.6 Å². The average molecular weight is 348 g/mol. The Labute approximate surface area is 147 Å². The summed E-state index contributed by atoms with van der Waals surface area (Å²) in [6.45, 7) is 3.88. The Bertz CT molecular complexity index is 586. The van der Waals surface area contributed by atoms with Crippen LogP contribution in [0, 0.1) is 0 Å². The van der Waals surface area contributed by atoms with E-state index < -0.39 is 0 Å². The Kier molecular flexibility index (Phi) is 7.21. The minimum Gasteiger partial charge on any atom is -0.453 e. The maximum atomic E-state index is 11.8. The molecule has 1 aliphatic rings. The van der Waals surface area contributed by atoms with Crippen molar-refractivity contribution in [1.82, 2.24) is 20.4 Å². The molecule has 1 heterocycles. The number of nitrogens with zero attached hydrogens (tertiary/aromatic N) is 2. The van der Waals surface area contributed by atoms with E-state index in [0.717, 1.165) is 13.1 Å². The van der Waals surface area contributed by atoms with Crippen molar-refractivity contribution in [2.45, 2.75) is 0 Å². The van der Waals surface area contributed by atoms with Crippen LogP contribution in [0.2, 0.25) is 0 Å². The molecule has 1 fully saturated rings. The fourth-order valence-electron chi connectivity index (χ4n) is 2.55. The third kappa shape index (κ3) is 6.07. The van der Waals surface area contributed by atoms with Gasteiger partial charge in [0.25, 0.3) is 5.91 Å². The van der Waals surface area contributed by atoms with Gasteiger partial charge in [-0.2, -0.15) is 0 Å². The number of piperazine rings is 1. The summed E-state index contributed by atoms with van der Waals surface area (Å²) >= 11 is 0. The minimum absolute atomic E-state index is 0.0517. The molecule has 0 bridgehead atoms. The summed E-state index contributed by atoms with van der Waals surface area (Å²) in [6.07, 6.45) is -0.304. The number of methoxy groups -OCH3 is 1. The molecule has 2 N–H and O–H groups in total. The summed E-state index contributed by atoms with van der Waals surface area (Å²) < 4.78 is 4.69. The van der Waals surface area contributed by atoms with Gasteiger partial charge >= 0.3 is 6.09 Å². The molecule has 0 aliphatic carbocycles. The summed E-state index contributed by atoms with van der Waals surface area (Å²) in [6, 6.07) is 8.76. The average Bonchev–Trinajstić information content (AvgIpc) is 2.66. The lowest BCUT2D eigenvalue weighted by Gasteiger charge is -2.33. The van der Waals surface area contributed by atoms with E-state index in [2.05, 4.69) is 15.5 Å². The van der Waals surface area contributed by atoms with Crippen molar-refractivity contribution in [2.75, 3.05) is 52.9 Å². The van der Waals surface area contributed by atoms with Gasteiger partial charge in [-0.3, -0.25) is 14.5 Å². The Morgan fingerprint density at radius 1 is 1.04 bits per heavy atom. The maximum Gasteiger partial charge on any atom is 0.409 e. The molecule has 136 valence electrons. The van der Waals surface area contributed by atoms with E-state index in [1.54, 1.807) is 29.2 Å². The van der Waals surface area contributed by atoms with Gasteiger partial charge in [0.05, 0.1) is 13.7 Å². The third-order valence-corrected chi connectivity index (χ3v) is 4.00. The van der Waals surface area contributed by atoms with Crippen LogP contribution in [0.3, 0.4) is 0 Å². The number of hydrogen-bond donors (Lipinski definition) is 2. The van der Waals surface area contributed by atoms with Crippen molar-refractivity contribution < 1.29 is 19.1 Å². The van der Waals surface area contributed by atoms with Crippen molar-refractivity contribution >= 4 is 17.9 Å². The second-order valence-electron chi connectivity index (χ2n) is 5.70. The van der Waals surface area contributed by atoms with Crippen LogP contribution in [0.5, 0.6) is 0 Å². The molecule has 1 saturated heterocycles. The Morgan fingerprint density at radius 2 is 1.72 bits per heavy atom. The second kappa shape index (κ2) is 9.63. The standard InChI is InChI=1S/C17H24N4O4/c1-25-17(24)21-11-9-20(10-12-21)8-7-18-15(22)13-19-16(23)14-5-3-2-4-6-14/h2-6H,7-13H2,1H3,(H,18,22)(H,19,23). The van der Waals surface area contributed by atoms with Gasteiger partial charge in [-0.05, 0) is 12.1 Å². The van der Waals surface area contributed by atoms with Crippen LogP contribution in [0.15, 0.2) is 30.3 Å². The zero-order chi connectivity index (χ0) is 18.1. The molecular formula is C17H24N4O4. The first-order valence-corrected chi connectivity index (χ1v) is 8.25. The summed E-state index contributed by atoms with van der Waals surface area (Å²) in [5.41, 5.74) is 0.527. The number of carbonyl (C=O) groups excluding carboxylic acids is 3. The van der Waals surface area contributed by atoms with Crippen molar-refractivity contribution in [1.29, 1.82) is 0 Å². The number of nitrogens with one attached hydrogen (secondary N) is 2. The normalized spacial score (nSPS) is 14.7. The van der Waals surface area contributed by atoms with E-state index in [-0.39, 0.29) is 24.5 Å². The SMILES string of the molecule is COC(=O)N1CCN(CCNC(=O)CNC(=O)c2ccccc2)CC1. The lowest BCUT2D eigenvalue weighted by molar-refractivity contribution is -0.120. The van der Waals surface area contributed by atoms with E-state index >= 15 is 0 Å². The Morgan fingerprint density at radius 3 is 2.36 bits per heavy atom. The third-order valence-electron chi connectivity index (χ3n) is 4.00. The lowest BCUT2D eigenvalue weighted by Crippen LogP contribution is -2.50. The van der Waals surface area contributed by atoms with Gasteiger partial charge in [0, 0.05) is 44.8 Å². The van der Waals surface area contributed by atoms with Gasteiger partial charge in [-0.25, -0.2) is 4.79 Å². The Hall–Kier alpha value is -2.61. The molecule has 0 saturated carbocycles. The van der Waals surface area contributed by atoms with Crippen molar-refractivity contribution in [3.05, 3.63) is 35.9 Å². The number of benzene rings is 1. The molecule has 2 rings (SSSR count). The van der Waals surface area contributed by atoms with Crippen LogP contribution in [0.25, 0.3) is 0 Å². The number of hydrogen-bond acceptors (Lipinski definition) is 5. The van der Waals surface area contributed by atoms with Gasteiger partial charge < -0.3 is 20.3 Å². The highest BCUT2D eigenvalue weighted by Gasteiger charge is 2.21. The highest BCUT2D eigenvalue weighted by atomic mass is 16.5. The first-order valence-electron chi connectivity index (χ1n) is 8.25. The summed E-state index contributed by atoms with van der Waals surface area (Å²) in [4.78, 5) is 38.9. The smallest absolute Gasteiger partial charge is 0.409 e. The van der Waals surface area contributed by atoms with E-state index in [0.29, 0.717) is 31.7 Å². The quantitative estimate of drug-likeness (QED) is 0.750. The van der Waals surface area contributed by atoms with Gasteiger partial charge in [-0.1, -0.05) is 18.2 Å². The maximum absolute atomic E-state index is 11.8. The number of ether oxygens (including phenoxy) is 1. The molecule has 1 aromatic carbocycles. The van der Waals surface area contributed by atoms with E-state index in [9.17, 15) is 14.4 Å². The summed E-state index contributed by atoms with van der Waals surface area (Å²) in [5, 5.41) is 5.37. The van der Waals surface area contributed by atoms with Crippen LogP contribution >= 0.6 is 0 Å². The predicted octanol–water partition coefficient (Wildman–Crippen LogP) is -0.0834. The number of rotatable bonds is 6. The molecule has 0 spiro atoms. The van der Waals surface area contributed by atoms with Crippen LogP contribution in [-0.2, 0) is 9.53 Å². The van der Waals surface area contributed by atoms with Gasteiger partial charge in [-0.15, -0.1) is 0 Å². The minimum atomic E-state index is -0.304. The largest absolute Gasteiger partial charge is 0.453 e. The second-order valence-corrected chi connectivity index (χ2v) is 5.70. The molecular weight excluding hydrogens is 324 g/mol. The topological polar surface area (TPSA) is 91.0 Å². The molecule has 0 radical (unpaired) electrons. The number of carbonyl (C=O) groups is 3. The van der Waals surface area contributed by atoms with Crippen molar-refractivity contribution in [2.24, 2.45) is 0 Å². The molecule has 1 aliphatic heterocycles. The molecule has 0 atom stereocenters. The zero-order valence-electron chi connectivity index (χ0n) is 14.4. The summed E-state index contributed by atoms with van der Waals surface area (Å²) in [5.74, 6) is -0.493. The Balaban J connectivity index is 1.58. The van der Waals surface area contributed by atoms with Crippen molar-refractivity contribution in [3.8, 4) is 0 Å². The first kappa shape index (κ1) is 18.7. The van der Waals surface area contributed by atoms with Crippen LogP contribution in [0.4, 0.5) is 4.79 Å². The highest BCUT2D eigenvalue weighted by molar-refractivity contribution is 5.96. The molecule has 0 aromatic heterocycles. The van der Waals surface area contributed by atoms with Gasteiger partial charge in [0.15, 0.2) is 0 Å². The number of amides is 3. The molecule has 0 unspecified atom stereocenters. The fourth-order valence-corrected chi connectivity index (χ4v) is 2.55. The molecule has 1 aromatic rings. The highest BCUT2D eigenvalue weighted by Crippen LogP contribution is 2.02. The van der Waals surface area contributed by atoms with Gasteiger partial charge in [0.2, 0.25) is 5.91 Å². The summed E-state index contributed by atoms with van der Waals surface area (Å²) in [7, 11) is 1.38. The monoisotopic (exact) mass is 348 g/mol. The van der Waals surface area contributed by atoms with Crippen LogP contribution < -0.4 is 10.6 Å². The fraction of sp³-hybridized carbons (Fsp3) is 0.471. The first-order chi connectivity index (χ1) is 12.1. The zero-order valence-corrected chi connectivity index (χ0v) is 14.4. The van der Waals surface area contributed by atoms with E-state index in [1.165, 1.54) is 7.11 Å². The molecule has 25 heavy (non-hydrogen) atoms. The van der Waals surface area contributed by atoms with E-state index in [4.69, 9.17) is 4.74 Å². The van der Waals surface area contributed by atoms with Gasteiger partial charge in [0.1, 0.15) is 0 Å². The predicted molar refractivity (Wildman–Crippen MR) is 92.2 cm³/mol. The van der Waals surface area contributed by atoms with E-state index in [1.807, 2.05) is 6.07 Å². The molecule has 3 amide bonds. The molecule has 8 heteroatoms. The van der Waals surface area contributed by atoms with Crippen molar-refractivity contribution in [3.63, 3.8) is 0 Å². The lowest BCUT2D eigenvalue weighted by atomic mass is 10.2. The van der Waals surface area contributed by atoms with Crippen LogP contribution in [0.1, 0.15) is 10.4 Å².